The molecule has 0 radical (unpaired) electrons. The highest BCUT2D eigenvalue weighted by atomic mass is 79.9. The van der Waals surface area contributed by atoms with Gasteiger partial charge in [0.05, 0.1) is 10.9 Å². The molecule has 1 atom stereocenters. The van der Waals surface area contributed by atoms with Gasteiger partial charge in [-0.15, -0.1) is 0 Å². The number of aryl methyl sites for hydroxylation is 1. The molecule has 0 spiro atoms. The van der Waals surface area contributed by atoms with Crippen LogP contribution < -0.4 is 10.0 Å². The molecule has 0 saturated carbocycles. The Balaban J connectivity index is 2.89. The van der Waals surface area contributed by atoms with Gasteiger partial charge < -0.3 is 5.32 Å². The molecule has 0 aliphatic heterocycles. The molecule has 0 heterocycles. The first-order chi connectivity index (χ1) is 8.90. The minimum absolute atomic E-state index is 0.448. The highest BCUT2D eigenvalue weighted by Gasteiger charge is 2.21. The Morgan fingerprint density at radius 2 is 2.00 bits per heavy atom. The third-order valence-corrected chi connectivity index (χ3v) is 5.14. The standard InChI is InChI=1S/C13H21BrN2O2S/c1-4-11-8-12(14)6-7-13(11)16-19(17,18)10(3)9-15-5-2/h6-8,10,15-16H,4-5,9H2,1-3H3. The minimum Gasteiger partial charge on any atom is -0.316 e. The van der Waals surface area contributed by atoms with Crippen molar-refractivity contribution in [1.82, 2.24) is 5.32 Å². The molecule has 1 aromatic rings. The fourth-order valence-corrected chi connectivity index (χ4v) is 3.12. The van der Waals surface area contributed by atoms with E-state index in [2.05, 4.69) is 26.0 Å². The Morgan fingerprint density at radius 1 is 1.32 bits per heavy atom. The van der Waals surface area contributed by atoms with E-state index in [-0.39, 0.29) is 0 Å². The normalized spacial score (nSPS) is 13.3. The van der Waals surface area contributed by atoms with Gasteiger partial charge in [0.25, 0.3) is 0 Å². The maximum Gasteiger partial charge on any atom is 0.236 e. The number of hydrogen-bond donors (Lipinski definition) is 2. The van der Waals surface area contributed by atoms with Gasteiger partial charge >= 0.3 is 0 Å². The number of nitrogens with one attached hydrogen (secondary N) is 2. The molecule has 1 rings (SSSR count). The Labute approximate surface area is 124 Å². The highest BCUT2D eigenvalue weighted by molar-refractivity contribution is 9.10. The Morgan fingerprint density at radius 3 is 2.58 bits per heavy atom. The summed E-state index contributed by atoms with van der Waals surface area (Å²) in [6.07, 6.45) is 0.777. The second kappa shape index (κ2) is 7.26. The van der Waals surface area contributed by atoms with Crippen molar-refractivity contribution in [2.45, 2.75) is 32.4 Å². The summed E-state index contributed by atoms with van der Waals surface area (Å²) in [5, 5.41) is 2.58. The van der Waals surface area contributed by atoms with Crippen molar-refractivity contribution in [2.24, 2.45) is 0 Å². The van der Waals surface area contributed by atoms with Gasteiger partial charge in [-0.2, -0.15) is 0 Å². The minimum atomic E-state index is -3.36. The summed E-state index contributed by atoms with van der Waals surface area (Å²) in [6, 6.07) is 5.57. The maximum atomic E-state index is 12.2. The third kappa shape index (κ3) is 4.78. The van der Waals surface area contributed by atoms with Gasteiger partial charge in [-0.1, -0.05) is 29.8 Å². The molecule has 0 aliphatic carbocycles. The van der Waals surface area contributed by atoms with Gasteiger partial charge in [-0.3, -0.25) is 4.72 Å². The molecule has 1 aromatic carbocycles. The van der Waals surface area contributed by atoms with Crippen LogP contribution in [0.2, 0.25) is 0 Å². The van der Waals surface area contributed by atoms with Crippen molar-refractivity contribution in [3.05, 3.63) is 28.2 Å². The van der Waals surface area contributed by atoms with E-state index < -0.39 is 15.3 Å². The third-order valence-electron chi connectivity index (χ3n) is 2.91. The number of halogens is 1. The molecule has 0 aromatic heterocycles. The van der Waals surface area contributed by atoms with Crippen LogP contribution in [0, 0.1) is 0 Å². The van der Waals surface area contributed by atoms with E-state index in [1.165, 1.54) is 0 Å². The molecular formula is C13H21BrN2O2S. The zero-order chi connectivity index (χ0) is 14.5. The number of rotatable bonds is 7. The van der Waals surface area contributed by atoms with Gasteiger partial charge in [0, 0.05) is 11.0 Å². The van der Waals surface area contributed by atoms with Crippen molar-refractivity contribution < 1.29 is 8.42 Å². The molecule has 2 N–H and O–H groups in total. The van der Waals surface area contributed by atoms with E-state index in [1.54, 1.807) is 13.0 Å². The van der Waals surface area contributed by atoms with Crippen LogP contribution in [0.4, 0.5) is 5.69 Å². The van der Waals surface area contributed by atoms with Gasteiger partial charge in [0.1, 0.15) is 0 Å². The zero-order valence-electron chi connectivity index (χ0n) is 11.5. The van der Waals surface area contributed by atoms with Crippen molar-refractivity contribution >= 4 is 31.6 Å². The molecule has 0 fully saturated rings. The summed E-state index contributed by atoms with van der Waals surface area (Å²) in [5.41, 5.74) is 1.64. The molecule has 1 unspecified atom stereocenters. The summed E-state index contributed by atoms with van der Waals surface area (Å²) in [6.45, 7) is 6.87. The van der Waals surface area contributed by atoms with Crippen LogP contribution in [-0.2, 0) is 16.4 Å². The molecule has 0 amide bonds. The Kier molecular flexibility index (Phi) is 6.29. The van der Waals surface area contributed by atoms with Crippen LogP contribution >= 0.6 is 15.9 Å². The van der Waals surface area contributed by atoms with Crippen LogP contribution in [0.15, 0.2) is 22.7 Å². The number of sulfonamides is 1. The van der Waals surface area contributed by atoms with Crippen molar-refractivity contribution in [3.63, 3.8) is 0 Å². The number of anilines is 1. The molecule has 0 aliphatic rings. The van der Waals surface area contributed by atoms with Gasteiger partial charge in [-0.05, 0) is 43.7 Å². The molecular weight excluding hydrogens is 328 g/mol. The van der Waals surface area contributed by atoms with E-state index in [0.29, 0.717) is 12.2 Å². The van der Waals surface area contributed by atoms with Crippen LogP contribution in [0.3, 0.4) is 0 Å². The maximum absolute atomic E-state index is 12.2. The lowest BCUT2D eigenvalue weighted by Gasteiger charge is -2.17. The second-order valence-corrected chi connectivity index (χ2v) is 7.43. The van der Waals surface area contributed by atoms with E-state index in [4.69, 9.17) is 0 Å². The zero-order valence-corrected chi connectivity index (χ0v) is 13.9. The van der Waals surface area contributed by atoms with Gasteiger partial charge in [-0.25, -0.2) is 8.42 Å². The first-order valence-corrected chi connectivity index (χ1v) is 8.75. The Bertz CT molecular complexity index is 517. The SMILES string of the molecule is CCNCC(C)S(=O)(=O)Nc1ccc(Br)cc1CC. The van der Waals surface area contributed by atoms with Crippen molar-refractivity contribution in [1.29, 1.82) is 0 Å². The van der Waals surface area contributed by atoms with Gasteiger partial charge in [0.15, 0.2) is 0 Å². The van der Waals surface area contributed by atoms with Crippen molar-refractivity contribution in [2.75, 3.05) is 17.8 Å². The first-order valence-electron chi connectivity index (χ1n) is 6.41. The van der Waals surface area contributed by atoms with Crippen LogP contribution in [-0.4, -0.2) is 26.8 Å². The summed E-state index contributed by atoms with van der Waals surface area (Å²) in [4.78, 5) is 0. The van der Waals surface area contributed by atoms with E-state index >= 15 is 0 Å². The quantitative estimate of drug-likeness (QED) is 0.796. The average molecular weight is 349 g/mol. The largest absolute Gasteiger partial charge is 0.316 e. The summed E-state index contributed by atoms with van der Waals surface area (Å²) < 4.78 is 28.0. The monoisotopic (exact) mass is 348 g/mol. The topological polar surface area (TPSA) is 58.2 Å². The van der Waals surface area contributed by atoms with E-state index in [9.17, 15) is 8.42 Å². The molecule has 0 saturated heterocycles. The molecule has 6 heteroatoms. The lowest BCUT2D eigenvalue weighted by Crippen LogP contribution is -2.34. The van der Waals surface area contributed by atoms with E-state index in [1.807, 2.05) is 26.0 Å². The van der Waals surface area contributed by atoms with Crippen molar-refractivity contribution in [3.8, 4) is 0 Å². The van der Waals surface area contributed by atoms with Crippen LogP contribution in [0.1, 0.15) is 26.3 Å². The fraction of sp³-hybridized carbons (Fsp3) is 0.538. The van der Waals surface area contributed by atoms with Crippen LogP contribution in [0.5, 0.6) is 0 Å². The molecule has 0 bridgehead atoms. The molecule has 108 valence electrons. The summed E-state index contributed by atoms with van der Waals surface area (Å²) >= 11 is 3.39. The van der Waals surface area contributed by atoms with Gasteiger partial charge in [0.2, 0.25) is 10.0 Å². The predicted octanol–water partition coefficient (Wildman–Crippen LogP) is 2.75. The second-order valence-electron chi connectivity index (χ2n) is 4.42. The summed E-state index contributed by atoms with van der Waals surface area (Å²) in [7, 11) is -3.36. The number of hydrogen-bond acceptors (Lipinski definition) is 3. The fourth-order valence-electron chi connectivity index (χ4n) is 1.67. The van der Waals surface area contributed by atoms with E-state index in [0.717, 1.165) is 23.0 Å². The summed E-state index contributed by atoms with van der Waals surface area (Å²) in [5.74, 6) is 0. The molecule has 4 nitrogen and oxygen atoms in total. The molecule has 19 heavy (non-hydrogen) atoms. The van der Waals surface area contributed by atoms with Crippen LogP contribution in [0.25, 0.3) is 0 Å². The first kappa shape index (κ1) is 16.5. The lowest BCUT2D eigenvalue weighted by atomic mass is 10.1. The predicted molar refractivity (Wildman–Crippen MR) is 84.1 cm³/mol. The lowest BCUT2D eigenvalue weighted by molar-refractivity contribution is 0.579. The Hall–Kier alpha value is -0.590. The smallest absolute Gasteiger partial charge is 0.236 e. The highest BCUT2D eigenvalue weighted by Crippen LogP contribution is 2.23. The average Bonchev–Trinajstić information content (AvgIpc) is 2.37. The number of benzene rings is 1.